The Morgan fingerprint density at radius 1 is 0.970 bits per heavy atom. The minimum atomic E-state index is -0.0696. The summed E-state index contributed by atoms with van der Waals surface area (Å²) in [5.41, 5.74) is 4.18. The second kappa shape index (κ2) is 10.5. The minimum absolute atomic E-state index is 0.0123. The average Bonchev–Trinajstić information content (AvgIpc) is 3.27. The van der Waals surface area contributed by atoms with E-state index < -0.39 is 0 Å². The average molecular weight is 463 g/mol. The van der Waals surface area contributed by atoms with Crippen LogP contribution < -0.4 is 14.8 Å². The lowest BCUT2D eigenvalue weighted by atomic mass is 9.90. The quantitative estimate of drug-likeness (QED) is 0.334. The molecule has 0 radical (unpaired) electrons. The highest BCUT2D eigenvalue weighted by Gasteiger charge is 2.21. The van der Waals surface area contributed by atoms with Crippen molar-refractivity contribution in [2.45, 2.75) is 18.8 Å². The number of methoxy groups -OCH3 is 2. The highest BCUT2D eigenvalue weighted by atomic mass is 35.5. The Balaban J connectivity index is 1.48. The number of amides is 1. The van der Waals surface area contributed by atoms with Gasteiger partial charge in [0.2, 0.25) is 5.91 Å². The van der Waals surface area contributed by atoms with Crippen molar-refractivity contribution in [3.8, 4) is 11.5 Å². The van der Waals surface area contributed by atoms with Crippen molar-refractivity contribution in [1.82, 2.24) is 10.3 Å². The van der Waals surface area contributed by atoms with E-state index in [4.69, 9.17) is 21.1 Å². The normalized spacial score (nSPS) is 11.8. The first kappa shape index (κ1) is 22.7. The molecular formula is C27H27ClN2O3. The molecule has 5 nitrogen and oxygen atoms in total. The Morgan fingerprint density at radius 3 is 2.52 bits per heavy atom. The molecular weight excluding hydrogens is 436 g/mol. The van der Waals surface area contributed by atoms with Crippen LogP contribution in [-0.4, -0.2) is 31.7 Å². The summed E-state index contributed by atoms with van der Waals surface area (Å²) in [5, 5.41) is 4.93. The van der Waals surface area contributed by atoms with E-state index in [0.717, 1.165) is 27.6 Å². The summed E-state index contributed by atoms with van der Waals surface area (Å²) in [7, 11) is 3.21. The molecule has 2 N–H and O–H groups in total. The summed E-state index contributed by atoms with van der Waals surface area (Å²) >= 11 is 6.55. The van der Waals surface area contributed by atoms with Gasteiger partial charge in [-0.3, -0.25) is 4.79 Å². The highest BCUT2D eigenvalue weighted by Crippen LogP contribution is 2.34. The molecule has 0 fully saturated rings. The molecule has 1 amide bonds. The van der Waals surface area contributed by atoms with Gasteiger partial charge < -0.3 is 19.8 Å². The van der Waals surface area contributed by atoms with Crippen molar-refractivity contribution >= 4 is 28.4 Å². The van der Waals surface area contributed by atoms with Gasteiger partial charge in [-0.1, -0.05) is 54.1 Å². The number of halogens is 1. The molecule has 4 rings (SSSR count). The van der Waals surface area contributed by atoms with Crippen molar-refractivity contribution in [2.75, 3.05) is 20.8 Å². The first-order chi connectivity index (χ1) is 16.1. The van der Waals surface area contributed by atoms with Gasteiger partial charge in [-0.15, -0.1) is 0 Å². The molecule has 170 valence electrons. The molecule has 0 saturated heterocycles. The predicted octanol–water partition coefficient (Wildman–Crippen LogP) is 5.72. The van der Waals surface area contributed by atoms with Crippen LogP contribution in [0.25, 0.3) is 10.9 Å². The zero-order chi connectivity index (χ0) is 23.2. The maximum atomic E-state index is 12.7. The molecule has 1 atom stereocenters. The second-order valence-electron chi connectivity index (χ2n) is 7.86. The van der Waals surface area contributed by atoms with Crippen LogP contribution in [0.15, 0.2) is 72.9 Å². The number of hydrogen-bond donors (Lipinski definition) is 2. The van der Waals surface area contributed by atoms with E-state index in [1.807, 2.05) is 66.9 Å². The topological polar surface area (TPSA) is 63.3 Å². The molecule has 1 heterocycles. The minimum Gasteiger partial charge on any atom is -0.493 e. The molecule has 0 saturated carbocycles. The van der Waals surface area contributed by atoms with E-state index in [2.05, 4.69) is 16.4 Å². The zero-order valence-corrected chi connectivity index (χ0v) is 19.5. The van der Waals surface area contributed by atoms with Crippen molar-refractivity contribution in [1.29, 1.82) is 0 Å². The second-order valence-corrected chi connectivity index (χ2v) is 8.26. The monoisotopic (exact) mass is 462 g/mol. The Hall–Kier alpha value is -3.44. The molecule has 0 bridgehead atoms. The van der Waals surface area contributed by atoms with Gasteiger partial charge in [-0.05, 0) is 47.4 Å². The molecule has 3 aromatic carbocycles. The Labute approximate surface area is 198 Å². The van der Waals surface area contributed by atoms with E-state index in [1.54, 1.807) is 14.2 Å². The summed E-state index contributed by atoms with van der Waals surface area (Å²) in [6.45, 7) is 0.455. The number of hydrogen-bond acceptors (Lipinski definition) is 3. The summed E-state index contributed by atoms with van der Waals surface area (Å²) < 4.78 is 10.6. The van der Waals surface area contributed by atoms with Gasteiger partial charge in [-0.2, -0.15) is 0 Å². The number of nitrogens with one attached hydrogen (secondary N) is 2. The maximum Gasteiger partial charge on any atom is 0.220 e. The van der Waals surface area contributed by atoms with Crippen LogP contribution in [-0.2, 0) is 11.2 Å². The van der Waals surface area contributed by atoms with E-state index in [9.17, 15) is 4.79 Å². The highest BCUT2D eigenvalue weighted by molar-refractivity contribution is 6.31. The smallest absolute Gasteiger partial charge is 0.220 e. The van der Waals surface area contributed by atoms with E-state index in [0.29, 0.717) is 35.9 Å². The molecule has 0 aliphatic carbocycles. The molecule has 4 aromatic rings. The number of fused-ring (bicyclic) bond motifs is 1. The molecule has 1 aromatic heterocycles. The standard InChI is InChI=1S/C27H27ClN2O3/c1-32-25-13-11-18(15-26(25)33-2)12-14-27(31)30-17-21(19-7-3-5-9-23(19)28)22-16-29-24-10-6-4-8-20(22)24/h3-11,13,15-16,21,29H,12,14,17H2,1-2H3,(H,30,31). The van der Waals surface area contributed by atoms with E-state index in [1.165, 1.54) is 0 Å². The molecule has 0 spiro atoms. The third kappa shape index (κ3) is 5.15. The van der Waals surface area contributed by atoms with Crippen LogP contribution >= 0.6 is 11.6 Å². The van der Waals surface area contributed by atoms with Gasteiger partial charge in [0.1, 0.15) is 0 Å². The maximum absolute atomic E-state index is 12.7. The lowest BCUT2D eigenvalue weighted by Gasteiger charge is -2.19. The number of aryl methyl sites for hydroxylation is 1. The largest absolute Gasteiger partial charge is 0.493 e. The van der Waals surface area contributed by atoms with Crippen molar-refractivity contribution in [3.05, 3.63) is 94.6 Å². The summed E-state index contributed by atoms with van der Waals surface area (Å²) in [4.78, 5) is 16.1. The third-order valence-corrected chi connectivity index (χ3v) is 6.21. The Kier molecular flexibility index (Phi) is 7.20. The fraction of sp³-hybridized carbons (Fsp3) is 0.222. The van der Waals surface area contributed by atoms with E-state index >= 15 is 0 Å². The number of carbonyl (C=O) groups is 1. The Morgan fingerprint density at radius 2 is 1.73 bits per heavy atom. The number of rotatable bonds is 9. The lowest BCUT2D eigenvalue weighted by molar-refractivity contribution is -0.121. The number of para-hydroxylation sites is 1. The number of aromatic amines is 1. The fourth-order valence-electron chi connectivity index (χ4n) is 4.13. The van der Waals surface area contributed by atoms with Gasteiger partial charge in [0, 0.05) is 41.0 Å². The van der Waals surface area contributed by atoms with Gasteiger partial charge >= 0.3 is 0 Å². The predicted molar refractivity (Wildman–Crippen MR) is 132 cm³/mol. The number of carbonyl (C=O) groups excluding carboxylic acids is 1. The summed E-state index contributed by atoms with van der Waals surface area (Å²) in [6, 6.07) is 21.7. The van der Waals surface area contributed by atoms with Crippen LogP contribution in [0.3, 0.4) is 0 Å². The molecule has 6 heteroatoms. The zero-order valence-electron chi connectivity index (χ0n) is 18.7. The van der Waals surface area contributed by atoms with Gasteiger partial charge in [-0.25, -0.2) is 0 Å². The number of H-pyrrole nitrogens is 1. The van der Waals surface area contributed by atoms with Crippen molar-refractivity contribution in [2.24, 2.45) is 0 Å². The molecule has 1 unspecified atom stereocenters. The molecule has 33 heavy (non-hydrogen) atoms. The summed E-state index contributed by atoms with van der Waals surface area (Å²) in [5.74, 6) is 1.25. The summed E-state index contributed by atoms with van der Waals surface area (Å²) in [6.07, 6.45) is 2.99. The van der Waals surface area contributed by atoms with Gasteiger partial charge in [0.15, 0.2) is 11.5 Å². The van der Waals surface area contributed by atoms with Crippen LogP contribution in [0.5, 0.6) is 11.5 Å². The van der Waals surface area contributed by atoms with Crippen LogP contribution in [0, 0.1) is 0 Å². The van der Waals surface area contributed by atoms with Gasteiger partial charge in [0.25, 0.3) is 0 Å². The van der Waals surface area contributed by atoms with Crippen LogP contribution in [0.1, 0.15) is 29.0 Å². The SMILES string of the molecule is COc1ccc(CCC(=O)NCC(c2ccccc2Cl)c2c[nH]c3ccccc23)cc1OC. The number of benzene rings is 3. The number of aromatic nitrogens is 1. The molecule has 0 aliphatic rings. The first-order valence-corrected chi connectivity index (χ1v) is 11.3. The first-order valence-electron chi connectivity index (χ1n) is 10.9. The van der Waals surface area contributed by atoms with Crippen molar-refractivity contribution in [3.63, 3.8) is 0 Å². The molecule has 0 aliphatic heterocycles. The van der Waals surface area contributed by atoms with Crippen LogP contribution in [0.2, 0.25) is 5.02 Å². The third-order valence-electron chi connectivity index (χ3n) is 5.87. The lowest BCUT2D eigenvalue weighted by Crippen LogP contribution is -2.29. The van der Waals surface area contributed by atoms with Crippen molar-refractivity contribution < 1.29 is 14.3 Å². The fourth-order valence-corrected chi connectivity index (χ4v) is 4.39. The van der Waals surface area contributed by atoms with E-state index in [-0.39, 0.29) is 11.8 Å². The Bertz CT molecular complexity index is 1250. The number of ether oxygens (including phenoxy) is 2. The van der Waals surface area contributed by atoms with Crippen LogP contribution in [0.4, 0.5) is 0 Å². The van der Waals surface area contributed by atoms with Gasteiger partial charge in [0.05, 0.1) is 14.2 Å².